The maximum atomic E-state index is 12.2. The van der Waals surface area contributed by atoms with Crippen LogP contribution in [0.4, 0.5) is 8.78 Å². The maximum absolute atomic E-state index is 12.2. The highest BCUT2D eigenvalue weighted by Crippen LogP contribution is 2.30. The van der Waals surface area contributed by atoms with Crippen LogP contribution in [0.2, 0.25) is 0 Å². The maximum Gasteiger partial charge on any atom is 0.268 e. The zero-order valence-electron chi connectivity index (χ0n) is 7.38. The summed E-state index contributed by atoms with van der Waals surface area (Å²) < 4.78 is 29.7. The van der Waals surface area contributed by atoms with E-state index in [1.807, 2.05) is 0 Å². The third kappa shape index (κ3) is 2.42. The Morgan fingerprint density at radius 3 is 2.57 bits per heavy atom. The molecule has 1 unspecified atom stereocenters. The molecule has 0 aliphatic heterocycles. The van der Waals surface area contributed by atoms with Gasteiger partial charge < -0.3 is 9.84 Å². The van der Waals surface area contributed by atoms with Gasteiger partial charge in [0.15, 0.2) is 0 Å². The second-order valence-electron chi connectivity index (χ2n) is 2.67. The van der Waals surface area contributed by atoms with Crippen molar-refractivity contribution in [3.8, 4) is 5.75 Å². The van der Waals surface area contributed by atoms with Gasteiger partial charge in [-0.05, 0) is 18.2 Å². The van der Waals surface area contributed by atoms with Gasteiger partial charge in [0, 0.05) is 10.0 Å². The van der Waals surface area contributed by atoms with Crippen molar-refractivity contribution in [1.82, 2.24) is 0 Å². The summed E-state index contributed by atoms with van der Waals surface area (Å²) in [5.41, 5.74) is 0.124. The topological polar surface area (TPSA) is 29.5 Å². The molecule has 0 aliphatic carbocycles. The smallest absolute Gasteiger partial charge is 0.268 e. The van der Waals surface area contributed by atoms with Crippen molar-refractivity contribution in [2.45, 2.75) is 12.5 Å². The van der Waals surface area contributed by atoms with Gasteiger partial charge in [-0.3, -0.25) is 0 Å². The van der Waals surface area contributed by atoms with Crippen molar-refractivity contribution < 1.29 is 18.6 Å². The Morgan fingerprint density at radius 1 is 1.43 bits per heavy atom. The molecule has 0 aromatic heterocycles. The fourth-order valence-corrected chi connectivity index (χ4v) is 1.49. The van der Waals surface area contributed by atoms with E-state index in [9.17, 15) is 8.78 Å². The van der Waals surface area contributed by atoms with Crippen molar-refractivity contribution >= 4 is 15.9 Å². The van der Waals surface area contributed by atoms with Crippen LogP contribution >= 0.6 is 15.9 Å². The van der Waals surface area contributed by atoms with Crippen LogP contribution in [0.25, 0.3) is 0 Å². The summed E-state index contributed by atoms with van der Waals surface area (Å²) in [5, 5.41) is 9.16. The number of hydrogen-bond donors (Lipinski definition) is 1. The fourth-order valence-electron chi connectivity index (χ4n) is 1.01. The second-order valence-corrected chi connectivity index (χ2v) is 3.52. The Hall–Kier alpha value is -0.680. The van der Waals surface area contributed by atoms with Crippen molar-refractivity contribution in [2.24, 2.45) is 0 Å². The average Bonchev–Trinajstić information content (AvgIpc) is 2.17. The number of ether oxygens (including phenoxy) is 1. The molecule has 78 valence electrons. The zero-order valence-corrected chi connectivity index (χ0v) is 8.96. The van der Waals surface area contributed by atoms with E-state index in [0.29, 0.717) is 10.2 Å². The molecule has 0 saturated carbocycles. The van der Waals surface area contributed by atoms with Gasteiger partial charge in [0.25, 0.3) is 6.43 Å². The van der Waals surface area contributed by atoms with Crippen molar-refractivity contribution in [3.05, 3.63) is 28.2 Å². The summed E-state index contributed by atoms with van der Waals surface area (Å²) in [5.74, 6) is 0.433. The molecule has 0 heterocycles. The van der Waals surface area contributed by atoms with Crippen molar-refractivity contribution in [1.29, 1.82) is 0 Å². The number of aliphatic hydroxyl groups is 1. The molecule has 1 aromatic rings. The summed E-state index contributed by atoms with van der Waals surface area (Å²) in [6, 6.07) is 4.55. The van der Waals surface area contributed by atoms with Gasteiger partial charge in [-0.1, -0.05) is 15.9 Å². The first-order chi connectivity index (χ1) is 6.56. The lowest BCUT2D eigenvalue weighted by atomic mass is 10.1. The number of aliphatic hydroxyl groups excluding tert-OH is 1. The lowest BCUT2D eigenvalue weighted by Gasteiger charge is -2.12. The number of rotatable bonds is 3. The normalized spacial score (nSPS) is 13.0. The molecule has 0 saturated heterocycles. The van der Waals surface area contributed by atoms with Gasteiger partial charge in [-0.25, -0.2) is 8.78 Å². The van der Waals surface area contributed by atoms with E-state index in [1.165, 1.54) is 13.2 Å². The van der Waals surface area contributed by atoms with Gasteiger partial charge in [-0.2, -0.15) is 0 Å². The molecule has 0 aliphatic rings. The van der Waals surface area contributed by atoms with E-state index < -0.39 is 12.5 Å². The minimum Gasteiger partial charge on any atom is -0.497 e. The standard InChI is InChI=1S/C9H9BrF2O2/c1-14-5-2-3-7(10)6(4-5)8(13)9(11)12/h2-4,8-9,13H,1H3. The minimum atomic E-state index is -2.81. The Labute approximate surface area is 88.6 Å². The molecule has 1 rings (SSSR count). The molecule has 0 spiro atoms. The molecule has 0 radical (unpaired) electrons. The Morgan fingerprint density at radius 2 is 2.07 bits per heavy atom. The Balaban J connectivity index is 3.05. The van der Waals surface area contributed by atoms with E-state index in [1.54, 1.807) is 12.1 Å². The minimum absolute atomic E-state index is 0.124. The zero-order chi connectivity index (χ0) is 10.7. The van der Waals surface area contributed by atoms with Crippen LogP contribution in [0.5, 0.6) is 5.75 Å². The summed E-state index contributed by atoms with van der Waals surface area (Å²) in [6.07, 6.45) is -4.60. The SMILES string of the molecule is COc1ccc(Br)c(C(O)C(F)F)c1. The highest BCUT2D eigenvalue weighted by Gasteiger charge is 2.21. The third-order valence-electron chi connectivity index (χ3n) is 1.76. The van der Waals surface area contributed by atoms with E-state index in [0.717, 1.165) is 0 Å². The molecule has 0 amide bonds. The molecule has 0 fully saturated rings. The molecule has 1 aromatic carbocycles. The van der Waals surface area contributed by atoms with Gasteiger partial charge in [0.1, 0.15) is 11.9 Å². The van der Waals surface area contributed by atoms with E-state index in [4.69, 9.17) is 9.84 Å². The quantitative estimate of drug-likeness (QED) is 0.912. The van der Waals surface area contributed by atoms with Crippen LogP contribution in [0.3, 0.4) is 0 Å². The molecular weight excluding hydrogens is 258 g/mol. The molecule has 5 heteroatoms. The Bertz CT molecular complexity index is 318. The van der Waals surface area contributed by atoms with Crippen molar-refractivity contribution in [3.63, 3.8) is 0 Å². The molecule has 1 atom stereocenters. The summed E-state index contributed by atoms with van der Waals surface area (Å²) in [4.78, 5) is 0. The fraction of sp³-hybridized carbons (Fsp3) is 0.333. The van der Waals surface area contributed by atoms with Crippen LogP contribution in [-0.4, -0.2) is 18.6 Å². The monoisotopic (exact) mass is 266 g/mol. The molecule has 1 N–H and O–H groups in total. The first-order valence-electron chi connectivity index (χ1n) is 3.86. The largest absolute Gasteiger partial charge is 0.497 e. The van der Waals surface area contributed by atoms with Crippen LogP contribution in [0, 0.1) is 0 Å². The van der Waals surface area contributed by atoms with Gasteiger partial charge in [0.2, 0.25) is 0 Å². The summed E-state index contributed by atoms with van der Waals surface area (Å²) in [6.45, 7) is 0. The summed E-state index contributed by atoms with van der Waals surface area (Å²) >= 11 is 3.08. The number of hydrogen-bond acceptors (Lipinski definition) is 2. The number of halogens is 3. The van der Waals surface area contributed by atoms with Crippen LogP contribution in [0.15, 0.2) is 22.7 Å². The van der Waals surface area contributed by atoms with Crippen LogP contribution < -0.4 is 4.74 Å². The van der Waals surface area contributed by atoms with Gasteiger partial charge >= 0.3 is 0 Å². The van der Waals surface area contributed by atoms with E-state index in [-0.39, 0.29) is 5.56 Å². The Kier molecular flexibility index (Phi) is 3.83. The first kappa shape index (κ1) is 11.4. The number of benzene rings is 1. The van der Waals surface area contributed by atoms with Crippen LogP contribution in [-0.2, 0) is 0 Å². The first-order valence-corrected chi connectivity index (χ1v) is 4.65. The predicted octanol–water partition coefficient (Wildman–Crippen LogP) is 2.76. The number of alkyl halides is 2. The second kappa shape index (κ2) is 4.70. The average molecular weight is 267 g/mol. The van der Waals surface area contributed by atoms with Gasteiger partial charge in [-0.15, -0.1) is 0 Å². The van der Waals surface area contributed by atoms with Gasteiger partial charge in [0.05, 0.1) is 7.11 Å². The van der Waals surface area contributed by atoms with Crippen LogP contribution in [0.1, 0.15) is 11.7 Å². The van der Waals surface area contributed by atoms with E-state index in [2.05, 4.69) is 15.9 Å². The lowest BCUT2D eigenvalue weighted by molar-refractivity contribution is -0.00627. The predicted molar refractivity (Wildman–Crippen MR) is 51.7 cm³/mol. The van der Waals surface area contributed by atoms with E-state index >= 15 is 0 Å². The third-order valence-corrected chi connectivity index (χ3v) is 2.48. The highest BCUT2D eigenvalue weighted by atomic mass is 79.9. The highest BCUT2D eigenvalue weighted by molar-refractivity contribution is 9.10. The lowest BCUT2D eigenvalue weighted by Crippen LogP contribution is -2.08. The molecule has 14 heavy (non-hydrogen) atoms. The summed E-state index contributed by atoms with van der Waals surface area (Å²) in [7, 11) is 1.43. The van der Waals surface area contributed by atoms with Crippen molar-refractivity contribution in [2.75, 3.05) is 7.11 Å². The molecular formula is C9H9BrF2O2. The molecule has 0 bridgehead atoms. The molecule has 2 nitrogen and oxygen atoms in total. The number of methoxy groups -OCH3 is 1.